The average molecular weight is 410 g/mol. The number of benzene rings is 2. The van der Waals surface area contributed by atoms with E-state index in [0.29, 0.717) is 16.5 Å². The van der Waals surface area contributed by atoms with E-state index in [1.807, 2.05) is 60.3 Å². The van der Waals surface area contributed by atoms with Crippen molar-refractivity contribution < 1.29 is 14.3 Å². The van der Waals surface area contributed by atoms with Crippen LogP contribution >= 0.6 is 11.6 Å². The summed E-state index contributed by atoms with van der Waals surface area (Å²) >= 11 is 5.96. The first-order chi connectivity index (χ1) is 13.9. The van der Waals surface area contributed by atoms with Gasteiger partial charge in [0.2, 0.25) is 0 Å². The van der Waals surface area contributed by atoms with E-state index in [-0.39, 0.29) is 6.04 Å². The maximum absolute atomic E-state index is 13.0. The molecule has 6 nitrogen and oxygen atoms in total. The Bertz CT molecular complexity index is 1080. The second-order valence-electron chi connectivity index (χ2n) is 7.11. The van der Waals surface area contributed by atoms with Gasteiger partial charge in [-0.3, -0.25) is 9.59 Å². The van der Waals surface area contributed by atoms with Crippen LogP contribution in [0.5, 0.6) is 5.75 Å². The fourth-order valence-electron chi connectivity index (χ4n) is 3.23. The van der Waals surface area contributed by atoms with Gasteiger partial charge in [-0.2, -0.15) is 0 Å². The van der Waals surface area contributed by atoms with Crippen LogP contribution in [0.1, 0.15) is 25.5 Å². The molecule has 0 saturated heterocycles. The van der Waals surface area contributed by atoms with Crippen molar-refractivity contribution in [3.05, 3.63) is 77.6 Å². The van der Waals surface area contributed by atoms with Crippen molar-refractivity contribution in [1.29, 1.82) is 0 Å². The molecule has 0 bridgehead atoms. The Morgan fingerprint density at radius 2 is 1.93 bits per heavy atom. The van der Waals surface area contributed by atoms with Crippen LogP contribution in [0.15, 0.2) is 67.0 Å². The molecule has 1 aromatic heterocycles. The highest BCUT2D eigenvalue weighted by molar-refractivity contribution is 6.31. The van der Waals surface area contributed by atoms with Crippen LogP contribution in [0, 0.1) is 0 Å². The van der Waals surface area contributed by atoms with Gasteiger partial charge in [0, 0.05) is 23.1 Å². The quantitative estimate of drug-likeness (QED) is 0.637. The molecule has 1 aliphatic rings. The number of hydrogen-bond acceptors (Lipinski definition) is 3. The summed E-state index contributed by atoms with van der Waals surface area (Å²) in [6.45, 7) is 3.32. The Morgan fingerprint density at radius 1 is 1.17 bits per heavy atom. The number of nitrogens with one attached hydrogen (secondary N) is 2. The van der Waals surface area contributed by atoms with Crippen molar-refractivity contribution in [2.75, 3.05) is 5.32 Å². The predicted octanol–water partition coefficient (Wildman–Crippen LogP) is 4.10. The van der Waals surface area contributed by atoms with Gasteiger partial charge in [0.05, 0.1) is 11.7 Å². The molecule has 2 N–H and O–H groups in total. The number of halogens is 1. The van der Waals surface area contributed by atoms with Crippen LogP contribution in [0.2, 0.25) is 5.02 Å². The van der Waals surface area contributed by atoms with E-state index in [4.69, 9.17) is 16.3 Å². The summed E-state index contributed by atoms with van der Waals surface area (Å²) in [6, 6.07) is 16.3. The summed E-state index contributed by atoms with van der Waals surface area (Å²) < 4.78 is 7.77. The lowest BCUT2D eigenvalue weighted by molar-refractivity contribution is -0.147. The summed E-state index contributed by atoms with van der Waals surface area (Å²) in [5.74, 6) is -0.665. The number of fused-ring (bicyclic) bond motifs is 1. The van der Waals surface area contributed by atoms with Crippen molar-refractivity contribution in [3.8, 4) is 11.4 Å². The summed E-state index contributed by atoms with van der Waals surface area (Å²) in [5, 5.41) is 6.06. The standard InChI is InChI=1S/C22H20ClN3O3/c1-14(15-6-5-7-17(12-15)26-10-3-4-11-26)24-20(27)22(2)21(28)25-18-13-16(23)8-9-19(18)29-22/h3-14H,1-2H3,(H,24,27)(H,25,28). The van der Waals surface area contributed by atoms with E-state index in [1.54, 1.807) is 18.2 Å². The van der Waals surface area contributed by atoms with Crippen LogP contribution < -0.4 is 15.4 Å². The minimum atomic E-state index is -1.69. The van der Waals surface area contributed by atoms with Crippen LogP contribution in [0.4, 0.5) is 5.69 Å². The molecule has 2 atom stereocenters. The number of carbonyl (C=O) groups excluding carboxylic acids is 2. The molecule has 0 radical (unpaired) electrons. The highest BCUT2D eigenvalue weighted by Crippen LogP contribution is 2.36. The molecule has 7 heteroatoms. The second kappa shape index (κ2) is 7.29. The Balaban J connectivity index is 1.54. The van der Waals surface area contributed by atoms with Gasteiger partial charge in [0.25, 0.3) is 17.4 Å². The van der Waals surface area contributed by atoms with Gasteiger partial charge >= 0.3 is 0 Å². The lowest BCUT2D eigenvalue weighted by atomic mass is 10.00. The molecule has 1 aliphatic heterocycles. The lowest BCUT2D eigenvalue weighted by Gasteiger charge is -2.34. The molecule has 2 unspecified atom stereocenters. The van der Waals surface area contributed by atoms with E-state index in [1.165, 1.54) is 6.92 Å². The molecule has 0 spiro atoms. The fraction of sp³-hybridized carbons (Fsp3) is 0.182. The summed E-state index contributed by atoms with van der Waals surface area (Å²) in [4.78, 5) is 25.6. The largest absolute Gasteiger partial charge is 0.466 e. The van der Waals surface area contributed by atoms with Crippen molar-refractivity contribution >= 4 is 29.1 Å². The molecular formula is C22H20ClN3O3. The molecule has 2 amide bonds. The van der Waals surface area contributed by atoms with Crippen LogP contribution in [-0.2, 0) is 9.59 Å². The number of amides is 2. The third-order valence-electron chi connectivity index (χ3n) is 4.99. The van der Waals surface area contributed by atoms with Crippen molar-refractivity contribution in [3.63, 3.8) is 0 Å². The number of hydrogen-bond donors (Lipinski definition) is 2. The normalized spacial score (nSPS) is 18.9. The van der Waals surface area contributed by atoms with E-state index in [9.17, 15) is 9.59 Å². The minimum Gasteiger partial charge on any atom is -0.466 e. The predicted molar refractivity (Wildman–Crippen MR) is 111 cm³/mol. The average Bonchev–Trinajstić information content (AvgIpc) is 3.24. The minimum absolute atomic E-state index is 0.321. The number of rotatable bonds is 4. The monoisotopic (exact) mass is 409 g/mol. The molecule has 0 fully saturated rings. The van der Waals surface area contributed by atoms with Gasteiger partial charge in [-0.1, -0.05) is 23.7 Å². The molecular weight excluding hydrogens is 390 g/mol. The molecule has 4 rings (SSSR count). The first-order valence-electron chi connectivity index (χ1n) is 9.21. The molecule has 148 valence electrons. The zero-order valence-corrected chi connectivity index (χ0v) is 16.7. The second-order valence-corrected chi connectivity index (χ2v) is 7.55. The first kappa shape index (κ1) is 19.1. The Kier molecular flexibility index (Phi) is 4.80. The highest BCUT2D eigenvalue weighted by Gasteiger charge is 2.47. The van der Waals surface area contributed by atoms with Gasteiger partial charge in [-0.15, -0.1) is 0 Å². The molecule has 3 aromatic rings. The molecule has 2 aromatic carbocycles. The molecule has 0 aliphatic carbocycles. The zero-order valence-electron chi connectivity index (χ0n) is 16.0. The van der Waals surface area contributed by atoms with E-state index in [0.717, 1.165) is 11.3 Å². The van der Waals surface area contributed by atoms with E-state index in [2.05, 4.69) is 10.6 Å². The zero-order chi connectivity index (χ0) is 20.6. The number of carbonyl (C=O) groups is 2. The maximum atomic E-state index is 13.0. The third kappa shape index (κ3) is 3.59. The van der Waals surface area contributed by atoms with Crippen molar-refractivity contribution in [2.24, 2.45) is 0 Å². The summed E-state index contributed by atoms with van der Waals surface area (Å²) in [7, 11) is 0. The SMILES string of the molecule is CC(NC(=O)C1(C)Oc2ccc(Cl)cc2NC1=O)c1cccc(-n2cccc2)c1. The fourth-order valence-corrected chi connectivity index (χ4v) is 3.40. The number of nitrogens with zero attached hydrogens (tertiary/aromatic N) is 1. The molecule has 29 heavy (non-hydrogen) atoms. The smallest absolute Gasteiger partial charge is 0.278 e. The van der Waals surface area contributed by atoms with Gasteiger partial charge in [0.1, 0.15) is 5.75 Å². The van der Waals surface area contributed by atoms with Crippen molar-refractivity contribution in [1.82, 2.24) is 9.88 Å². The number of ether oxygens (including phenoxy) is 1. The van der Waals surface area contributed by atoms with Crippen LogP contribution in [-0.4, -0.2) is 22.0 Å². The Hall–Kier alpha value is -3.25. The van der Waals surface area contributed by atoms with E-state index >= 15 is 0 Å². The molecule has 2 heterocycles. The lowest BCUT2D eigenvalue weighted by Crippen LogP contribution is -2.59. The number of aromatic nitrogens is 1. The van der Waals surface area contributed by atoms with Gasteiger partial charge < -0.3 is 19.9 Å². The summed E-state index contributed by atoms with van der Waals surface area (Å²) in [5.41, 5.74) is 0.654. The first-order valence-corrected chi connectivity index (χ1v) is 9.59. The third-order valence-corrected chi connectivity index (χ3v) is 5.23. The topological polar surface area (TPSA) is 72.4 Å². The van der Waals surface area contributed by atoms with Gasteiger partial charge in [0.15, 0.2) is 0 Å². The van der Waals surface area contributed by atoms with E-state index < -0.39 is 17.4 Å². The Morgan fingerprint density at radius 3 is 2.69 bits per heavy atom. The summed E-state index contributed by atoms with van der Waals surface area (Å²) in [6.07, 6.45) is 3.90. The van der Waals surface area contributed by atoms with Gasteiger partial charge in [-0.25, -0.2) is 0 Å². The Labute approximate surface area is 173 Å². The van der Waals surface area contributed by atoms with Gasteiger partial charge in [-0.05, 0) is 61.9 Å². The number of anilines is 1. The van der Waals surface area contributed by atoms with Crippen molar-refractivity contribution in [2.45, 2.75) is 25.5 Å². The highest BCUT2D eigenvalue weighted by atomic mass is 35.5. The maximum Gasteiger partial charge on any atom is 0.278 e. The van der Waals surface area contributed by atoms with Crippen LogP contribution in [0.25, 0.3) is 5.69 Å². The van der Waals surface area contributed by atoms with Crippen LogP contribution in [0.3, 0.4) is 0 Å². The molecule has 0 saturated carbocycles.